The zero-order valence-corrected chi connectivity index (χ0v) is 15.3. The molecule has 1 atom stereocenters. The molecule has 0 aromatic heterocycles. The number of esters is 1. The molecule has 0 spiro atoms. The van der Waals surface area contributed by atoms with Gasteiger partial charge in [0.2, 0.25) is 0 Å². The molecular formula is C23H23NO3. The van der Waals surface area contributed by atoms with E-state index in [4.69, 9.17) is 14.7 Å². The van der Waals surface area contributed by atoms with Crippen LogP contribution in [0.15, 0.2) is 48.5 Å². The standard InChI is InChI=1S/C23H23NO3/c24-14-17-3-11-21(12-4-17)27-23(25)20-9-7-19(8-10-20)18-5-1-16(2-6-18)13-22-15-26-22/h3-4,7-12,16,18,22H,1-2,5-6,13,15H2. The highest BCUT2D eigenvalue weighted by molar-refractivity contribution is 5.91. The van der Waals surface area contributed by atoms with E-state index >= 15 is 0 Å². The van der Waals surface area contributed by atoms with Crippen LogP contribution >= 0.6 is 0 Å². The smallest absolute Gasteiger partial charge is 0.343 e. The zero-order chi connectivity index (χ0) is 18.6. The Balaban J connectivity index is 1.32. The van der Waals surface area contributed by atoms with Gasteiger partial charge in [0, 0.05) is 0 Å². The lowest BCUT2D eigenvalue weighted by molar-refractivity contribution is 0.0734. The molecule has 2 fully saturated rings. The van der Waals surface area contributed by atoms with Gasteiger partial charge in [0.1, 0.15) is 5.75 Å². The molecule has 0 radical (unpaired) electrons. The molecule has 0 bridgehead atoms. The first-order valence-corrected chi connectivity index (χ1v) is 9.65. The second-order valence-corrected chi connectivity index (χ2v) is 7.56. The lowest BCUT2D eigenvalue weighted by Crippen LogP contribution is -2.15. The average Bonchev–Trinajstić information content (AvgIpc) is 3.53. The van der Waals surface area contributed by atoms with Crippen molar-refractivity contribution < 1.29 is 14.3 Å². The van der Waals surface area contributed by atoms with Crippen LogP contribution in [0.25, 0.3) is 0 Å². The molecule has 2 aliphatic rings. The maximum absolute atomic E-state index is 12.3. The van der Waals surface area contributed by atoms with E-state index in [9.17, 15) is 4.79 Å². The summed E-state index contributed by atoms with van der Waals surface area (Å²) >= 11 is 0. The molecule has 1 heterocycles. The first-order chi connectivity index (χ1) is 13.2. The highest BCUT2D eigenvalue weighted by Gasteiger charge is 2.29. The number of carbonyl (C=O) groups is 1. The van der Waals surface area contributed by atoms with Crippen LogP contribution in [0.2, 0.25) is 0 Å². The van der Waals surface area contributed by atoms with Crippen LogP contribution in [-0.4, -0.2) is 18.7 Å². The predicted molar refractivity (Wildman–Crippen MR) is 102 cm³/mol. The number of carbonyl (C=O) groups excluding carboxylic acids is 1. The van der Waals surface area contributed by atoms with Crippen LogP contribution in [0.4, 0.5) is 0 Å². The van der Waals surface area contributed by atoms with E-state index in [2.05, 4.69) is 12.1 Å². The maximum Gasteiger partial charge on any atom is 0.343 e. The van der Waals surface area contributed by atoms with Gasteiger partial charge in [0.05, 0.1) is 29.9 Å². The molecule has 1 unspecified atom stereocenters. The Labute approximate surface area is 159 Å². The number of rotatable bonds is 5. The molecule has 1 saturated carbocycles. The van der Waals surface area contributed by atoms with E-state index in [0.29, 0.717) is 28.9 Å². The Kier molecular flexibility index (Phi) is 5.22. The summed E-state index contributed by atoms with van der Waals surface area (Å²) in [6.07, 6.45) is 6.74. The van der Waals surface area contributed by atoms with Crippen molar-refractivity contribution in [3.8, 4) is 11.8 Å². The van der Waals surface area contributed by atoms with Crippen molar-refractivity contribution in [3.63, 3.8) is 0 Å². The van der Waals surface area contributed by atoms with E-state index in [0.717, 1.165) is 12.5 Å². The van der Waals surface area contributed by atoms with E-state index in [-0.39, 0.29) is 5.97 Å². The normalized spacial score (nSPS) is 24.0. The Morgan fingerprint density at radius 3 is 2.30 bits per heavy atom. The first kappa shape index (κ1) is 17.8. The summed E-state index contributed by atoms with van der Waals surface area (Å²) < 4.78 is 10.7. The minimum absolute atomic E-state index is 0.376. The van der Waals surface area contributed by atoms with Gasteiger partial charge >= 0.3 is 5.97 Å². The Morgan fingerprint density at radius 1 is 1.04 bits per heavy atom. The van der Waals surface area contributed by atoms with Gasteiger partial charge in [0.15, 0.2) is 0 Å². The van der Waals surface area contributed by atoms with Crippen molar-refractivity contribution >= 4 is 5.97 Å². The third-order valence-corrected chi connectivity index (χ3v) is 5.66. The van der Waals surface area contributed by atoms with E-state index in [1.165, 1.54) is 37.7 Å². The van der Waals surface area contributed by atoms with Crippen molar-refractivity contribution in [2.75, 3.05) is 6.61 Å². The molecule has 1 aliphatic carbocycles. The molecule has 1 aliphatic heterocycles. The summed E-state index contributed by atoms with van der Waals surface area (Å²) in [6.45, 7) is 0.958. The zero-order valence-electron chi connectivity index (χ0n) is 15.3. The highest BCUT2D eigenvalue weighted by Crippen LogP contribution is 2.39. The third kappa shape index (κ3) is 4.56. The molecule has 27 heavy (non-hydrogen) atoms. The second kappa shape index (κ2) is 7.94. The van der Waals surface area contributed by atoms with E-state index < -0.39 is 0 Å². The number of nitrogens with zero attached hydrogens (tertiary/aromatic N) is 1. The van der Waals surface area contributed by atoms with E-state index in [1.807, 2.05) is 18.2 Å². The van der Waals surface area contributed by atoms with Gasteiger partial charge in [-0.3, -0.25) is 0 Å². The number of hydrogen-bond donors (Lipinski definition) is 0. The molecule has 4 rings (SSSR count). The molecule has 138 valence electrons. The predicted octanol–water partition coefficient (Wildman–Crippen LogP) is 4.84. The summed E-state index contributed by atoms with van der Waals surface area (Å²) in [5.74, 6) is 1.47. The number of nitriles is 1. The van der Waals surface area contributed by atoms with Crippen molar-refractivity contribution in [2.45, 2.75) is 44.1 Å². The van der Waals surface area contributed by atoms with Gasteiger partial charge < -0.3 is 9.47 Å². The Hall–Kier alpha value is -2.64. The summed E-state index contributed by atoms with van der Waals surface area (Å²) in [6, 6.07) is 16.4. The van der Waals surface area contributed by atoms with Gasteiger partial charge in [-0.2, -0.15) is 5.26 Å². The number of hydrogen-bond acceptors (Lipinski definition) is 4. The molecule has 4 heteroatoms. The Morgan fingerprint density at radius 2 is 1.70 bits per heavy atom. The fraction of sp³-hybridized carbons (Fsp3) is 0.391. The van der Waals surface area contributed by atoms with Crippen LogP contribution in [0.5, 0.6) is 5.75 Å². The molecule has 0 amide bonds. The lowest BCUT2D eigenvalue weighted by atomic mass is 9.77. The van der Waals surface area contributed by atoms with Crippen LogP contribution < -0.4 is 4.74 Å². The lowest BCUT2D eigenvalue weighted by Gasteiger charge is -2.28. The quantitative estimate of drug-likeness (QED) is 0.434. The molecule has 0 N–H and O–H groups in total. The highest BCUT2D eigenvalue weighted by atomic mass is 16.6. The summed E-state index contributed by atoms with van der Waals surface area (Å²) in [5.41, 5.74) is 2.40. The molecular weight excluding hydrogens is 338 g/mol. The van der Waals surface area contributed by atoms with Crippen molar-refractivity contribution in [1.29, 1.82) is 5.26 Å². The van der Waals surface area contributed by atoms with Gasteiger partial charge in [-0.15, -0.1) is 0 Å². The van der Waals surface area contributed by atoms with Gasteiger partial charge in [-0.25, -0.2) is 4.79 Å². The number of epoxide rings is 1. The van der Waals surface area contributed by atoms with Crippen molar-refractivity contribution in [2.24, 2.45) is 5.92 Å². The molecule has 1 saturated heterocycles. The first-order valence-electron chi connectivity index (χ1n) is 9.65. The van der Waals surface area contributed by atoms with Gasteiger partial charge in [0.25, 0.3) is 0 Å². The van der Waals surface area contributed by atoms with Crippen molar-refractivity contribution in [3.05, 3.63) is 65.2 Å². The SMILES string of the molecule is N#Cc1ccc(OC(=O)c2ccc(C3CCC(CC4CO4)CC3)cc2)cc1. The van der Waals surface area contributed by atoms with E-state index in [1.54, 1.807) is 24.3 Å². The number of benzene rings is 2. The molecule has 2 aromatic carbocycles. The van der Waals surface area contributed by atoms with Crippen LogP contribution in [-0.2, 0) is 4.74 Å². The largest absolute Gasteiger partial charge is 0.423 e. The summed E-state index contributed by atoms with van der Waals surface area (Å²) in [7, 11) is 0. The fourth-order valence-corrected chi connectivity index (χ4v) is 3.96. The average molecular weight is 361 g/mol. The third-order valence-electron chi connectivity index (χ3n) is 5.66. The topological polar surface area (TPSA) is 62.6 Å². The monoisotopic (exact) mass is 361 g/mol. The van der Waals surface area contributed by atoms with Crippen molar-refractivity contribution in [1.82, 2.24) is 0 Å². The van der Waals surface area contributed by atoms with Gasteiger partial charge in [-0.05, 0) is 85.9 Å². The summed E-state index contributed by atoms with van der Waals surface area (Å²) in [5, 5.41) is 8.81. The van der Waals surface area contributed by atoms with Crippen LogP contribution in [0.3, 0.4) is 0 Å². The molecule has 2 aromatic rings. The molecule has 4 nitrogen and oxygen atoms in total. The number of ether oxygens (including phenoxy) is 2. The second-order valence-electron chi connectivity index (χ2n) is 7.56. The maximum atomic E-state index is 12.3. The van der Waals surface area contributed by atoms with Crippen LogP contribution in [0, 0.1) is 17.2 Å². The van der Waals surface area contributed by atoms with Gasteiger partial charge in [-0.1, -0.05) is 12.1 Å². The fourth-order valence-electron chi connectivity index (χ4n) is 3.96. The minimum Gasteiger partial charge on any atom is -0.423 e. The minimum atomic E-state index is -0.376. The summed E-state index contributed by atoms with van der Waals surface area (Å²) in [4.78, 5) is 12.3. The van der Waals surface area contributed by atoms with Crippen LogP contribution in [0.1, 0.15) is 59.5 Å². The Bertz CT molecular complexity index is 823.